The first kappa shape index (κ1) is 16.7. The van der Waals surface area contributed by atoms with Crippen LogP contribution in [0.1, 0.15) is 29.0 Å². The van der Waals surface area contributed by atoms with Gasteiger partial charge in [0, 0.05) is 44.3 Å². The minimum atomic E-state index is 0.0300. The molecule has 0 N–H and O–H groups in total. The number of fused-ring (bicyclic) bond motifs is 1. The van der Waals surface area contributed by atoms with Crippen LogP contribution < -0.4 is 0 Å². The highest BCUT2D eigenvalue weighted by atomic mass is 16.2. The smallest absolute Gasteiger partial charge is 0.274 e. The van der Waals surface area contributed by atoms with Crippen molar-refractivity contribution in [1.82, 2.24) is 24.2 Å². The van der Waals surface area contributed by atoms with Gasteiger partial charge in [0.05, 0.1) is 5.69 Å². The van der Waals surface area contributed by atoms with E-state index in [0.717, 1.165) is 43.8 Å². The average Bonchev–Trinajstić information content (AvgIpc) is 3.28. The van der Waals surface area contributed by atoms with Gasteiger partial charge >= 0.3 is 0 Å². The number of likely N-dealkylation sites (N-methyl/N-ethyl adjacent to an activating group) is 1. The Hall–Kier alpha value is -2.73. The number of nitrogens with zero attached hydrogens (tertiary/aromatic N) is 5. The molecule has 1 saturated heterocycles. The van der Waals surface area contributed by atoms with E-state index in [-0.39, 0.29) is 11.9 Å². The summed E-state index contributed by atoms with van der Waals surface area (Å²) in [5, 5.41) is 0. The van der Waals surface area contributed by atoms with E-state index < -0.39 is 0 Å². The van der Waals surface area contributed by atoms with Gasteiger partial charge in [-0.1, -0.05) is 12.1 Å². The van der Waals surface area contributed by atoms with Crippen molar-refractivity contribution in [2.75, 3.05) is 20.1 Å². The van der Waals surface area contributed by atoms with Crippen molar-refractivity contribution >= 4 is 11.6 Å². The molecule has 134 valence electrons. The largest absolute Gasteiger partial charge is 0.333 e. The van der Waals surface area contributed by atoms with Gasteiger partial charge in [-0.15, -0.1) is 0 Å². The van der Waals surface area contributed by atoms with Crippen molar-refractivity contribution in [3.8, 4) is 0 Å². The molecule has 1 atom stereocenters. The van der Waals surface area contributed by atoms with E-state index in [0.29, 0.717) is 5.69 Å². The highest BCUT2D eigenvalue weighted by molar-refractivity contribution is 5.93. The minimum absolute atomic E-state index is 0.0300. The predicted molar refractivity (Wildman–Crippen MR) is 99.8 cm³/mol. The van der Waals surface area contributed by atoms with E-state index in [4.69, 9.17) is 0 Å². The summed E-state index contributed by atoms with van der Waals surface area (Å²) in [7, 11) is 2.08. The number of aromatic nitrogens is 3. The molecule has 4 rings (SSSR count). The van der Waals surface area contributed by atoms with Gasteiger partial charge < -0.3 is 9.30 Å². The molecule has 3 aromatic heterocycles. The Balaban J connectivity index is 1.44. The number of hydrogen-bond donors (Lipinski definition) is 0. The van der Waals surface area contributed by atoms with E-state index in [9.17, 15) is 4.79 Å². The number of carbonyl (C=O) groups excluding carboxylic acids is 1. The molecular formula is C20H23N5O. The zero-order valence-corrected chi connectivity index (χ0v) is 15.0. The lowest BCUT2D eigenvalue weighted by molar-refractivity contribution is 0.0702. The monoisotopic (exact) mass is 349 g/mol. The molecule has 1 unspecified atom stereocenters. The summed E-state index contributed by atoms with van der Waals surface area (Å²) in [5.74, 6) is 0.0300. The Bertz CT molecular complexity index is 858. The lowest BCUT2D eigenvalue weighted by atomic mass is 10.2. The van der Waals surface area contributed by atoms with Crippen molar-refractivity contribution < 1.29 is 4.79 Å². The van der Waals surface area contributed by atoms with Crippen LogP contribution in [0.15, 0.2) is 55.0 Å². The Labute approximate surface area is 153 Å². The van der Waals surface area contributed by atoms with Crippen LogP contribution >= 0.6 is 0 Å². The molecule has 6 heteroatoms. The van der Waals surface area contributed by atoms with Crippen LogP contribution in [-0.4, -0.2) is 56.3 Å². The second-order valence-electron chi connectivity index (χ2n) is 6.90. The Kier molecular flexibility index (Phi) is 4.67. The molecule has 4 heterocycles. The SMILES string of the molecule is CN(Cc1ccccn1)CC1CCCN1C(=O)c1cn2ccccc2n1. The number of imidazole rings is 1. The highest BCUT2D eigenvalue weighted by Crippen LogP contribution is 2.21. The van der Waals surface area contributed by atoms with Gasteiger partial charge in [0.15, 0.2) is 0 Å². The summed E-state index contributed by atoms with van der Waals surface area (Å²) in [6.07, 6.45) is 7.64. The average molecular weight is 349 g/mol. The molecule has 1 aliphatic heterocycles. The number of likely N-dealkylation sites (tertiary alicyclic amines) is 1. The van der Waals surface area contributed by atoms with Crippen molar-refractivity contribution in [1.29, 1.82) is 0 Å². The third-order valence-corrected chi connectivity index (χ3v) is 4.90. The molecule has 1 aliphatic rings. The molecule has 1 amide bonds. The Morgan fingerprint density at radius 2 is 2.15 bits per heavy atom. The molecule has 0 radical (unpaired) electrons. The topological polar surface area (TPSA) is 53.7 Å². The highest BCUT2D eigenvalue weighted by Gasteiger charge is 2.31. The van der Waals surface area contributed by atoms with Gasteiger partial charge in [-0.3, -0.25) is 14.7 Å². The Morgan fingerprint density at radius 3 is 2.96 bits per heavy atom. The molecule has 6 nitrogen and oxygen atoms in total. The van der Waals surface area contributed by atoms with Crippen LogP contribution in [0.2, 0.25) is 0 Å². The van der Waals surface area contributed by atoms with Crippen molar-refractivity contribution in [3.63, 3.8) is 0 Å². The summed E-state index contributed by atoms with van der Waals surface area (Å²) in [6, 6.07) is 12.0. The summed E-state index contributed by atoms with van der Waals surface area (Å²) in [4.78, 5) is 26.1. The third-order valence-electron chi connectivity index (χ3n) is 4.90. The zero-order valence-electron chi connectivity index (χ0n) is 15.0. The maximum atomic E-state index is 13.0. The number of hydrogen-bond acceptors (Lipinski definition) is 4. The van der Waals surface area contributed by atoms with Crippen LogP contribution in [0.5, 0.6) is 0 Å². The standard InChI is InChI=1S/C20H23N5O/c1-23(13-16-7-2-4-10-21-16)14-17-8-6-12-25(17)20(26)18-15-24-11-5-3-9-19(24)22-18/h2-5,7,9-11,15,17H,6,8,12-14H2,1H3. The maximum absolute atomic E-state index is 13.0. The second kappa shape index (κ2) is 7.25. The van der Waals surface area contributed by atoms with E-state index in [1.54, 1.807) is 0 Å². The molecule has 0 aliphatic carbocycles. The number of amides is 1. The van der Waals surface area contributed by atoms with E-state index in [2.05, 4.69) is 21.9 Å². The molecule has 0 saturated carbocycles. The van der Waals surface area contributed by atoms with E-state index in [1.165, 1.54) is 0 Å². The fraction of sp³-hybridized carbons (Fsp3) is 0.350. The molecule has 26 heavy (non-hydrogen) atoms. The summed E-state index contributed by atoms with van der Waals surface area (Å²) >= 11 is 0. The van der Waals surface area contributed by atoms with Crippen molar-refractivity contribution in [2.45, 2.75) is 25.4 Å². The molecule has 3 aromatic rings. The first-order valence-electron chi connectivity index (χ1n) is 9.04. The van der Waals surface area contributed by atoms with Gasteiger partial charge in [0.1, 0.15) is 11.3 Å². The van der Waals surface area contributed by atoms with Gasteiger partial charge in [-0.05, 0) is 44.2 Å². The third kappa shape index (κ3) is 3.46. The lowest BCUT2D eigenvalue weighted by Crippen LogP contribution is -2.42. The lowest BCUT2D eigenvalue weighted by Gasteiger charge is -2.28. The van der Waals surface area contributed by atoms with E-state index in [1.807, 2.05) is 64.3 Å². The fourth-order valence-corrected chi connectivity index (χ4v) is 3.67. The summed E-state index contributed by atoms with van der Waals surface area (Å²) in [6.45, 7) is 2.43. The van der Waals surface area contributed by atoms with Gasteiger partial charge in [0.2, 0.25) is 0 Å². The first-order valence-corrected chi connectivity index (χ1v) is 9.04. The van der Waals surface area contributed by atoms with Crippen molar-refractivity contribution in [3.05, 3.63) is 66.4 Å². The molecular weight excluding hydrogens is 326 g/mol. The van der Waals surface area contributed by atoms with Crippen LogP contribution in [0.4, 0.5) is 0 Å². The van der Waals surface area contributed by atoms with E-state index >= 15 is 0 Å². The quantitative estimate of drug-likeness (QED) is 0.710. The molecule has 1 fully saturated rings. The van der Waals surface area contributed by atoms with Crippen LogP contribution in [-0.2, 0) is 6.54 Å². The molecule has 0 aromatic carbocycles. The minimum Gasteiger partial charge on any atom is -0.333 e. The summed E-state index contributed by atoms with van der Waals surface area (Å²) in [5.41, 5.74) is 2.38. The zero-order chi connectivity index (χ0) is 17.9. The molecule has 0 spiro atoms. The molecule has 0 bridgehead atoms. The summed E-state index contributed by atoms with van der Waals surface area (Å²) < 4.78 is 1.89. The Morgan fingerprint density at radius 1 is 1.27 bits per heavy atom. The van der Waals surface area contributed by atoms with Crippen molar-refractivity contribution in [2.24, 2.45) is 0 Å². The van der Waals surface area contributed by atoms with Gasteiger partial charge in [0.25, 0.3) is 5.91 Å². The van der Waals surface area contributed by atoms with Crippen LogP contribution in [0.3, 0.4) is 0 Å². The van der Waals surface area contributed by atoms with Gasteiger partial charge in [-0.25, -0.2) is 4.98 Å². The number of carbonyl (C=O) groups is 1. The predicted octanol–water partition coefficient (Wildman–Crippen LogP) is 2.47. The number of rotatable bonds is 5. The fourth-order valence-electron chi connectivity index (χ4n) is 3.67. The normalized spacial score (nSPS) is 17.3. The van der Waals surface area contributed by atoms with Gasteiger partial charge in [-0.2, -0.15) is 0 Å². The first-order chi connectivity index (χ1) is 12.7. The second-order valence-corrected chi connectivity index (χ2v) is 6.90. The van der Waals surface area contributed by atoms with Crippen LogP contribution in [0, 0.1) is 0 Å². The maximum Gasteiger partial charge on any atom is 0.274 e. The van der Waals surface area contributed by atoms with Crippen LogP contribution in [0.25, 0.3) is 5.65 Å². The number of pyridine rings is 2.